The summed E-state index contributed by atoms with van der Waals surface area (Å²) >= 11 is 2.20. The highest BCUT2D eigenvalue weighted by atomic mass is 127. The number of hydrogen-bond donors (Lipinski definition) is 0. The molecule has 1 aliphatic rings. The number of nitrogens with zero attached hydrogens (tertiary/aromatic N) is 4. The highest BCUT2D eigenvalue weighted by Crippen LogP contribution is 2.30. The molecule has 1 aliphatic heterocycles. The van der Waals surface area contributed by atoms with Crippen LogP contribution < -0.4 is 0 Å². The zero-order chi connectivity index (χ0) is 17.5. The van der Waals surface area contributed by atoms with E-state index in [1.807, 2.05) is 16.8 Å². The minimum absolute atomic E-state index is 0.0604. The second-order valence-corrected chi connectivity index (χ2v) is 8.44. The average Bonchev–Trinajstić information content (AvgIpc) is 3.01. The molecule has 0 aliphatic carbocycles. The molecular weight excluding hydrogens is 425 g/mol. The summed E-state index contributed by atoms with van der Waals surface area (Å²) in [5, 5.41) is 4.58. The van der Waals surface area contributed by atoms with Gasteiger partial charge in [-0.3, -0.25) is 14.6 Å². The molecule has 24 heavy (non-hydrogen) atoms. The van der Waals surface area contributed by atoms with Crippen LogP contribution in [0.5, 0.6) is 0 Å². The Kier molecular flexibility index (Phi) is 4.67. The molecular formula is C17H21F2IN4. The fraction of sp³-hybridized carbons (Fsp3) is 0.529. The molecule has 0 aromatic carbocycles. The number of pyridine rings is 1. The van der Waals surface area contributed by atoms with Crippen molar-refractivity contribution in [3.8, 4) is 11.3 Å². The van der Waals surface area contributed by atoms with Crippen molar-refractivity contribution in [3.05, 3.63) is 33.8 Å². The first-order chi connectivity index (χ1) is 11.1. The van der Waals surface area contributed by atoms with Crippen molar-refractivity contribution >= 4 is 22.6 Å². The first kappa shape index (κ1) is 17.7. The lowest BCUT2D eigenvalue weighted by Crippen LogP contribution is -2.25. The normalized spacial score (nSPS) is 18.2. The number of hydrogen-bond acceptors (Lipinski definition) is 3. The van der Waals surface area contributed by atoms with Crippen molar-refractivity contribution in [1.82, 2.24) is 19.7 Å². The van der Waals surface area contributed by atoms with E-state index in [2.05, 4.69) is 53.4 Å². The third kappa shape index (κ3) is 3.93. The predicted molar refractivity (Wildman–Crippen MR) is 98.0 cm³/mol. The lowest BCUT2D eigenvalue weighted by atomic mass is 10.1. The van der Waals surface area contributed by atoms with E-state index in [0.29, 0.717) is 13.1 Å². The first-order valence-electron chi connectivity index (χ1n) is 7.95. The molecule has 3 rings (SSSR count). The van der Waals surface area contributed by atoms with Gasteiger partial charge in [0, 0.05) is 37.5 Å². The Morgan fingerprint density at radius 1 is 1.25 bits per heavy atom. The molecule has 0 atom stereocenters. The Morgan fingerprint density at radius 2 is 2.00 bits per heavy atom. The highest BCUT2D eigenvalue weighted by Gasteiger charge is 2.37. The van der Waals surface area contributed by atoms with Gasteiger partial charge in [-0.15, -0.1) is 0 Å². The number of rotatable bonds is 3. The van der Waals surface area contributed by atoms with Crippen LogP contribution in [0.2, 0.25) is 0 Å². The van der Waals surface area contributed by atoms with E-state index >= 15 is 0 Å². The van der Waals surface area contributed by atoms with Gasteiger partial charge in [-0.25, -0.2) is 8.78 Å². The van der Waals surface area contributed by atoms with E-state index in [9.17, 15) is 8.78 Å². The molecule has 0 radical (unpaired) electrons. The lowest BCUT2D eigenvalue weighted by Gasteiger charge is -2.22. The first-order valence-corrected chi connectivity index (χ1v) is 9.02. The third-order valence-corrected chi connectivity index (χ3v) is 4.59. The minimum atomic E-state index is -2.56. The molecule has 0 saturated carbocycles. The lowest BCUT2D eigenvalue weighted by molar-refractivity contribution is 0.0115. The molecule has 4 nitrogen and oxygen atoms in total. The predicted octanol–water partition coefficient (Wildman–Crippen LogP) is 4.15. The molecule has 0 N–H and O–H groups in total. The van der Waals surface area contributed by atoms with Crippen LogP contribution in [0.3, 0.4) is 0 Å². The molecule has 1 fully saturated rings. The van der Waals surface area contributed by atoms with Crippen LogP contribution in [0.4, 0.5) is 8.78 Å². The second kappa shape index (κ2) is 6.33. The summed E-state index contributed by atoms with van der Waals surface area (Å²) < 4.78 is 29.6. The number of alkyl halides is 2. The van der Waals surface area contributed by atoms with Gasteiger partial charge in [-0.2, -0.15) is 5.10 Å². The molecule has 130 valence electrons. The third-order valence-electron chi connectivity index (χ3n) is 4.06. The molecule has 2 aromatic rings. The topological polar surface area (TPSA) is 34.0 Å². The van der Waals surface area contributed by atoms with E-state index < -0.39 is 5.92 Å². The van der Waals surface area contributed by atoms with Gasteiger partial charge in [0.15, 0.2) is 0 Å². The van der Waals surface area contributed by atoms with Crippen LogP contribution in [0.15, 0.2) is 24.5 Å². The summed E-state index contributed by atoms with van der Waals surface area (Å²) in [5.74, 6) is -2.56. The van der Waals surface area contributed by atoms with E-state index in [1.54, 1.807) is 17.3 Å². The van der Waals surface area contributed by atoms with Crippen molar-refractivity contribution < 1.29 is 8.78 Å². The van der Waals surface area contributed by atoms with Crippen LogP contribution in [-0.2, 0) is 12.1 Å². The summed E-state index contributed by atoms with van der Waals surface area (Å²) in [4.78, 5) is 6.10. The van der Waals surface area contributed by atoms with Gasteiger partial charge in [0.05, 0.1) is 17.8 Å². The van der Waals surface area contributed by atoms with Gasteiger partial charge < -0.3 is 0 Å². The maximum absolute atomic E-state index is 13.4. The standard InChI is InChI=1S/C17H21F2IN4/c1-16(2,3)24-14(7-15(20)22-24)13-6-12(8-21-9-13)10-23-5-4-17(18,19)11-23/h6-9H,4-5,10-11H2,1-3H3. The second-order valence-electron chi connectivity index (χ2n) is 7.33. The molecule has 3 heterocycles. The molecule has 0 amide bonds. The van der Waals surface area contributed by atoms with Crippen molar-refractivity contribution in [2.45, 2.75) is 45.2 Å². The van der Waals surface area contributed by atoms with Crippen molar-refractivity contribution in [2.24, 2.45) is 0 Å². The SMILES string of the molecule is CC(C)(C)n1nc(I)cc1-c1cncc(CN2CCC(F)(F)C2)c1. The Hall–Kier alpha value is -1.09. The van der Waals surface area contributed by atoms with E-state index in [4.69, 9.17) is 0 Å². The van der Waals surface area contributed by atoms with E-state index in [1.165, 1.54) is 0 Å². The molecule has 0 bridgehead atoms. The van der Waals surface area contributed by atoms with Crippen molar-refractivity contribution in [2.75, 3.05) is 13.1 Å². The molecule has 7 heteroatoms. The Labute approximate surface area is 154 Å². The summed E-state index contributed by atoms with van der Waals surface area (Å²) in [6.45, 7) is 7.05. The fourth-order valence-electron chi connectivity index (χ4n) is 2.98. The van der Waals surface area contributed by atoms with Crippen molar-refractivity contribution in [1.29, 1.82) is 0 Å². The minimum Gasteiger partial charge on any atom is -0.293 e. The van der Waals surface area contributed by atoms with Gasteiger partial charge in [0.1, 0.15) is 3.70 Å². The Balaban J connectivity index is 1.87. The maximum Gasteiger partial charge on any atom is 0.261 e. The summed E-state index contributed by atoms with van der Waals surface area (Å²) in [6, 6.07) is 4.05. The Bertz CT molecular complexity index is 736. The van der Waals surface area contributed by atoms with Crippen molar-refractivity contribution in [3.63, 3.8) is 0 Å². The van der Waals surface area contributed by atoms with Crippen LogP contribution in [0, 0.1) is 3.70 Å². The van der Waals surface area contributed by atoms with Gasteiger partial charge >= 0.3 is 0 Å². The molecule has 0 spiro atoms. The summed E-state index contributed by atoms with van der Waals surface area (Å²) in [6.07, 6.45) is 3.50. The van der Waals surface area contributed by atoms with Gasteiger partial charge in [0.25, 0.3) is 5.92 Å². The van der Waals surface area contributed by atoms with Crippen LogP contribution in [-0.4, -0.2) is 38.7 Å². The average molecular weight is 446 g/mol. The maximum atomic E-state index is 13.4. The summed E-state index contributed by atoms with van der Waals surface area (Å²) in [7, 11) is 0. The monoisotopic (exact) mass is 446 g/mol. The van der Waals surface area contributed by atoms with Gasteiger partial charge in [0.2, 0.25) is 0 Å². The highest BCUT2D eigenvalue weighted by molar-refractivity contribution is 14.1. The number of likely N-dealkylation sites (tertiary alicyclic amines) is 1. The smallest absolute Gasteiger partial charge is 0.261 e. The molecule has 1 saturated heterocycles. The van der Waals surface area contributed by atoms with E-state index in [-0.39, 0.29) is 18.5 Å². The van der Waals surface area contributed by atoms with E-state index in [0.717, 1.165) is 20.5 Å². The summed E-state index contributed by atoms with van der Waals surface area (Å²) in [5.41, 5.74) is 2.75. The van der Waals surface area contributed by atoms with Crippen LogP contribution in [0.25, 0.3) is 11.3 Å². The van der Waals surface area contributed by atoms with Crippen LogP contribution in [0.1, 0.15) is 32.8 Å². The van der Waals surface area contributed by atoms with Crippen LogP contribution >= 0.6 is 22.6 Å². The zero-order valence-corrected chi connectivity index (χ0v) is 16.2. The fourth-order valence-corrected chi connectivity index (χ4v) is 3.49. The van der Waals surface area contributed by atoms with Gasteiger partial charge in [-0.05, 0) is 61.1 Å². The molecule has 0 unspecified atom stereocenters. The number of halogens is 3. The number of aromatic nitrogens is 3. The molecule has 2 aromatic heterocycles. The quantitative estimate of drug-likeness (QED) is 0.665. The zero-order valence-electron chi connectivity index (χ0n) is 14.1. The Morgan fingerprint density at radius 3 is 2.62 bits per heavy atom. The van der Waals surface area contributed by atoms with Gasteiger partial charge in [-0.1, -0.05) is 0 Å². The largest absolute Gasteiger partial charge is 0.293 e.